The van der Waals surface area contributed by atoms with Gasteiger partial charge in [-0.05, 0) is 53.5 Å². The Labute approximate surface area is 130 Å². The summed E-state index contributed by atoms with van der Waals surface area (Å²) in [4.78, 5) is 13.1. The molecule has 2 rings (SSSR count). The number of nitro groups is 1. The molecular formula is C14H15BrN2O2S. The van der Waals surface area contributed by atoms with Crippen molar-refractivity contribution in [1.29, 1.82) is 0 Å². The maximum Gasteiger partial charge on any atom is 0.283 e. The molecule has 1 aromatic carbocycles. The molecule has 0 aliphatic heterocycles. The van der Waals surface area contributed by atoms with Gasteiger partial charge in [0.05, 0.1) is 9.40 Å². The summed E-state index contributed by atoms with van der Waals surface area (Å²) < 4.78 is 0.508. The fourth-order valence-electron chi connectivity index (χ4n) is 1.87. The predicted octanol–water partition coefficient (Wildman–Crippen LogP) is 4.58. The molecule has 0 bridgehead atoms. The van der Waals surface area contributed by atoms with Gasteiger partial charge in [0.25, 0.3) is 5.69 Å². The molecule has 0 spiro atoms. The average Bonchev–Trinajstić information content (AvgIpc) is 2.84. The first-order valence-corrected chi connectivity index (χ1v) is 7.81. The van der Waals surface area contributed by atoms with Crippen molar-refractivity contribution in [2.45, 2.75) is 26.4 Å². The van der Waals surface area contributed by atoms with E-state index < -0.39 is 0 Å². The molecule has 1 heterocycles. The van der Waals surface area contributed by atoms with Crippen molar-refractivity contribution in [3.63, 3.8) is 0 Å². The molecule has 0 saturated heterocycles. The topological polar surface area (TPSA) is 55.2 Å². The van der Waals surface area contributed by atoms with Gasteiger partial charge < -0.3 is 5.32 Å². The molecule has 0 fully saturated rings. The Hall–Kier alpha value is -1.24. The second-order valence-electron chi connectivity index (χ2n) is 4.59. The van der Waals surface area contributed by atoms with Gasteiger partial charge in [-0.25, -0.2) is 0 Å². The summed E-state index contributed by atoms with van der Waals surface area (Å²) in [6, 6.07) is 9.65. The molecule has 1 N–H and O–H groups in total. The van der Waals surface area contributed by atoms with E-state index in [1.165, 1.54) is 9.75 Å². The van der Waals surface area contributed by atoms with Crippen LogP contribution in [-0.4, -0.2) is 4.92 Å². The minimum Gasteiger partial charge on any atom is -0.305 e. The lowest BCUT2D eigenvalue weighted by Gasteiger charge is -2.12. The van der Waals surface area contributed by atoms with E-state index >= 15 is 0 Å². The Morgan fingerprint density at radius 1 is 1.40 bits per heavy atom. The lowest BCUT2D eigenvalue weighted by Crippen LogP contribution is -2.17. The molecular weight excluding hydrogens is 340 g/mol. The Kier molecular flexibility index (Phi) is 4.91. The van der Waals surface area contributed by atoms with Gasteiger partial charge >= 0.3 is 0 Å². The molecule has 0 amide bonds. The standard InChI is InChI=1S/C14H15BrN2O2S/c1-9-3-6-14(20-9)10(2)16-8-11-4-5-12(15)13(7-11)17(18)19/h3-7,10,16H,8H2,1-2H3. The third kappa shape index (κ3) is 3.65. The zero-order valence-corrected chi connectivity index (χ0v) is 13.6. The number of nitrogens with one attached hydrogen (secondary N) is 1. The van der Waals surface area contributed by atoms with Crippen molar-refractivity contribution < 1.29 is 4.92 Å². The van der Waals surface area contributed by atoms with Crippen LogP contribution in [0.1, 0.15) is 28.3 Å². The first kappa shape index (κ1) is 15.2. The number of hydrogen-bond donors (Lipinski definition) is 1. The molecule has 1 aromatic heterocycles. The number of thiophene rings is 1. The number of halogens is 1. The summed E-state index contributed by atoms with van der Waals surface area (Å²) in [5.74, 6) is 0. The van der Waals surface area contributed by atoms with Crippen molar-refractivity contribution in [2.24, 2.45) is 0 Å². The number of nitrogens with zero attached hydrogens (tertiary/aromatic N) is 1. The van der Waals surface area contributed by atoms with Crippen LogP contribution < -0.4 is 5.32 Å². The minimum absolute atomic E-state index is 0.101. The zero-order valence-electron chi connectivity index (χ0n) is 11.2. The van der Waals surface area contributed by atoms with Crippen LogP contribution in [0.25, 0.3) is 0 Å². The van der Waals surface area contributed by atoms with Crippen LogP contribution in [0, 0.1) is 17.0 Å². The SMILES string of the molecule is Cc1ccc(C(C)NCc2ccc(Br)c([N+](=O)[O-])c2)s1. The Balaban J connectivity index is 2.04. The number of aryl methyl sites for hydroxylation is 1. The Morgan fingerprint density at radius 3 is 2.75 bits per heavy atom. The van der Waals surface area contributed by atoms with Gasteiger partial charge in [-0.2, -0.15) is 0 Å². The highest BCUT2D eigenvalue weighted by Crippen LogP contribution is 2.26. The van der Waals surface area contributed by atoms with E-state index in [1.54, 1.807) is 23.5 Å². The highest BCUT2D eigenvalue weighted by Gasteiger charge is 2.13. The van der Waals surface area contributed by atoms with E-state index in [0.29, 0.717) is 11.0 Å². The first-order valence-electron chi connectivity index (χ1n) is 6.20. The fourth-order valence-corrected chi connectivity index (χ4v) is 3.16. The largest absolute Gasteiger partial charge is 0.305 e. The van der Waals surface area contributed by atoms with E-state index in [4.69, 9.17) is 0 Å². The van der Waals surface area contributed by atoms with Crippen LogP contribution in [0.5, 0.6) is 0 Å². The number of hydrogen-bond acceptors (Lipinski definition) is 4. The maximum atomic E-state index is 10.9. The van der Waals surface area contributed by atoms with Gasteiger partial charge in [0.1, 0.15) is 0 Å². The molecule has 0 aliphatic carbocycles. The van der Waals surface area contributed by atoms with Crippen molar-refractivity contribution >= 4 is 33.0 Å². The smallest absolute Gasteiger partial charge is 0.283 e. The summed E-state index contributed by atoms with van der Waals surface area (Å²) in [7, 11) is 0. The second kappa shape index (κ2) is 6.47. The summed E-state index contributed by atoms with van der Waals surface area (Å²) >= 11 is 4.95. The monoisotopic (exact) mass is 354 g/mol. The summed E-state index contributed by atoms with van der Waals surface area (Å²) in [5, 5.41) is 14.3. The van der Waals surface area contributed by atoms with Crippen molar-refractivity contribution in [3.05, 3.63) is 60.2 Å². The van der Waals surface area contributed by atoms with E-state index in [9.17, 15) is 10.1 Å². The van der Waals surface area contributed by atoms with Crippen LogP contribution in [0.3, 0.4) is 0 Å². The number of nitro benzene ring substituents is 1. The molecule has 6 heteroatoms. The molecule has 1 unspecified atom stereocenters. The number of benzene rings is 1. The van der Waals surface area contributed by atoms with Crippen molar-refractivity contribution in [2.75, 3.05) is 0 Å². The minimum atomic E-state index is -0.375. The van der Waals surface area contributed by atoms with Crippen LogP contribution in [0.2, 0.25) is 0 Å². The number of rotatable bonds is 5. The first-order chi connectivity index (χ1) is 9.47. The van der Waals surface area contributed by atoms with Crippen LogP contribution in [0.15, 0.2) is 34.8 Å². The van der Waals surface area contributed by atoms with Gasteiger partial charge in [-0.1, -0.05) is 6.07 Å². The third-order valence-corrected chi connectivity index (χ3v) is 4.86. The molecule has 0 radical (unpaired) electrons. The molecule has 106 valence electrons. The fraction of sp³-hybridized carbons (Fsp3) is 0.286. The van der Waals surface area contributed by atoms with Gasteiger partial charge in [0, 0.05) is 28.4 Å². The van der Waals surface area contributed by atoms with E-state index in [-0.39, 0.29) is 16.7 Å². The average molecular weight is 355 g/mol. The third-order valence-electron chi connectivity index (χ3n) is 3.01. The van der Waals surface area contributed by atoms with E-state index in [0.717, 1.165) is 5.56 Å². The Bertz CT molecular complexity index is 627. The maximum absolute atomic E-state index is 10.9. The molecule has 2 aromatic rings. The van der Waals surface area contributed by atoms with Crippen LogP contribution in [-0.2, 0) is 6.54 Å². The van der Waals surface area contributed by atoms with Gasteiger partial charge in [0.15, 0.2) is 0 Å². The van der Waals surface area contributed by atoms with Gasteiger partial charge in [-0.15, -0.1) is 11.3 Å². The lowest BCUT2D eigenvalue weighted by atomic mass is 10.2. The second-order valence-corrected chi connectivity index (χ2v) is 6.77. The van der Waals surface area contributed by atoms with Crippen molar-refractivity contribution in [3.8, 4) is 0 Å². The quantitative estimate of drug-likeness (QED) is 0.631. The normalized spacial score (nSPS) is 12.3. The highest BCUT2D eigenvalue weighted by molar-refractivity contribution is 9.10. The summed E-state index contributed by atoms with van der Waals surface area (Å²) in [6.45, 7) is 4.78. The molecule has 4 nitrogen and oxygen atoms in total. The predicted molar refractivity (Wildman–Crippen MR) is 85.1 cm³/mol. The van der Waals surface area contributed by atoms with E-state index in [2.05, 4.69) is 47.2 Å². The molecule has 1 atom stereocenters. The van der Waals surface area contributed by atoms with Gasteiger partial charge in [0.2, 0.25) is 0 Å². The van der Waals surface area contributed by atoms with Crippen LogP contribution in [0.4, 0.5) is 5.69 Å². The highest BCUT2D eigenvalue weighted by atomic mass is 79.9. The molecule has 0 saturated carbocycles. The van der Waals surface area contributed by atoms with Crippen molar-refractivity contribution in [1.82, 2.24) is 5.32 Å². The lowest BCUT2D eigenvalue weighted by molar-refractivity contribution is -0.385. The van der Waals surface area contributed by atoms with Crippen LogP contribution >= 0.6 is 27.3 Å². The molecule has 0 aliphatic rings. The molecule has 20 heavy (non-hydrogen) atoms. The van der Waals surface area contributed by atoms with Gasteiger partial charge in [-0.3, -0.25) is 10.1 Å². The Morgan fingerprint density at radius 2 is 2.15 bits per heavy atom. The summed E-state index contributed by atoms with van der Waals surface area (Å²) in [5.41, 5.74) is 1.00. The van der Waals surface area contributed by atoms with E-state index in [1.807, 2.05) is 6.07 Å². The zero-order chi connectivity index (χ0) is 14.7. The summed E-state index contributed by atoms with van der Waals surface area (Å²) in [6.07, 6.45) is 0.